The van der Waals surface area contributed by atoms with Crippen molar-refractivity contribution in [1.29, 1.82) is 0 Å². The van der Waals surface area contributed by atoms with E-state index < -0.39 is 18.4 Å². The van der Waals surface area contributed by atoms with Gasteiger partial charge in [0.15, 0.2) is 5.82 Å². The van der Waals surface area contributed by atoms with Gasteiger partial charge in [0.2, 0.25) is 0 Å². The quantitative estimate of drug-likeness (QED) is 0.870. The summed E-state index contributed by atoms with van der Waals surface area (Å²) in [5, 5.41) is 3.37. The number of nitrogens with one attached hydrogen (secondary N) is 1. The molecule has 8 heteroatoms. The van der Waals surface area contributed by atoms with E-state index in [1.165, 1.54) is 18.3 Å². The van der Waals surface area contributed by atoms with Gasteiger partial charge in [0.25, 0.3) is 0 Å². The van der Waals surface area contributed by atoms with Crippen LogP contribution in [0.1, 0.15) is 5.69 Å². The molecular weight excluding hydrogens is 239 g/mol. The molecule has 2 aromatic rings. The minimum Gasteiger partial charge on any atom is -0.296 e. The molecule has 0 aliphatic rings. The Hall–Kier alpha value is -2.12. The van der Waals surface area contributed by atoms with Crippen LogP contribution in [0.2, 0.25) is 0 Å². The molecule has 0 aromatic carbocycles. The summed E-state index contributed by atoms with van der Waals surface area (Å²) in [6.07, 6.45) is -4.25. The van der Waals surface area contributed by atoms with E-state index >= 15 is 0 Å². The first kappa shape index (κ1) is 11.4. The number of alkyl halides is 3. The number of aromatic amines is 1. The van der Waals surface area contributed by atoms with E-state index in [1.54, 1.807) is 0 Å². The van der Waals surface area contributed by atoms with E-state index in [0.29, 0.717) is 5.56 Å². The van der Waals surface area contributed by atoms with Crippen LogP contribution >= 0.6 is 0 Å². The lowest BCUT2D eigenvalue weighted by atomic mass is 10.2. The van der Waals surface area contributed by atoms with Gasteiger partial charge in [0.1, 0.15) is 0 Å². The third-order valence-electron chi connectivity index (χ3n) is 1.91. The lowest BCUT2D eigenvalue weighted by Crippen LogP contribution is -2.12. The first-order chi connectivity index (χ1) is 7.94. The number of H-pyrrole nitrogens is 1. The molecule has 0 amide bonds. The molecule has 2 rings (SSSR count). The van der Waals surface area contributed by atoms with Gasteiger partial charge < -0.3 is 0 Å². The number of pyridine rings is 1. The molecule has 90 valence electrons. The Bertz CT molecular complexity index is 573. The van der Waals surface area contributed by atoms with Crippen LogP contribution in [0.25, 0.3) is 11.4 Å². The van der Waals surface area contributed by atoms with Crippen molar-refractivity contribution in [2.45, 2.75) is 12.6 Å². The van der Waals surface area contributed by atoms with Gasteiger partial charge in [0, 0.05) is 11.8 Å². The highest BCUT2D eigenvalue weighted by molar-refractivity contribution is 5.53. The van der Waals surface area contributed by atoms with E-state index in [2.05, 4.69) is 19.6 Å². The zero-order valence-corrected chi connectivity index (χ0v) is 8.28. The summed E-state index contributed by atoms with van der Waals surface area (Å²) in [5.74, 6) is -0.699. The van der Waals surface area contributed by atoms with Crippen LogP contribution in [0.5, 0.6) is 0 Å². The number of nitrogens with zero attached hydrogens (tertiary/aromatic N) is 2. The largest absolute Gasteiger partial charge is 0.439 e. The van der Waals surface area contributed by atoms with Crippen molar-refractivity contribution in [2.24, 2.45) is 0 Å². The molecule has 0 radical (unpaired) electrons. The summed E-state index contributed by atoms with van der Waals surface area (Å²) in [5.41, 5.74) is 0.156. The summed E-state index contributed by atoms with van der Waals surface area (Å²) in [4.78, 5) is 16.5. The van der Waals surface area contributed by atoms with Crippen LogP contribution in [0.15, 0.2) is 27.6 Å². The second kappa shape index (κ2) is 4.04. The predicted octanol–water partition coefficient (Wildman–Crippen LogP) is 1.53. The zero-order valence-electron chi connectivity index (χ0n) is 8.28. The number of halogens is 3. The van der Waals surface area contributed by atoms with Gasteiger partial charge >= 0.3 is 11.9 Å². The smallest absolute Gasteiger partial charge is 0.296 e. The Morgan fingerprint density at radius 3 is 2.76 bits per heavy atom. The first-order valence-electron chi connectivity index (χ1n) is 4.52. The predicted molar refractivity (Wildman–Crippen MR) is 50.1 cm³/mol. The molecule has 0 fully saturated rings. The highest BCUT2D eigenvalue weighted by atomic mass is 19.4. The molecule has 2 heterocycles. The maximum Gasteiger partial charge on any atom is 0.439 e. The average Bonchev–Trinajstić information content (AvgIpc) is 2.63. The van der Waals surface area contributed by atoms with E-state index in [-0.39, 0.29) is 11.5 Å². The molecule has 0 saturated heterocycles. The van der Waals surface area contributed by atoms with Crippen LogP contribution in [-0.4, -0.2) is 21.3 Å². The Morgan fingerprint density at radius 1 is 1.41 bits per heavy atom. The summed E-state index contributed by atoms with van der Waals surface area (Å²) < 4.78 is 40.7. The lowest BCUT2D eigenvalue weighted by Gasteiger charge is -2.05. The van der Waals surface area contributed by atoms with Crippen molar-refractivity contribution < 1.29 is 17.7 Å². The highest BCUT2D eigenvalue weighted by Crippen LogP contribution is 2.22. The Kier molecular flexibility index (Phi) is 2.70. The number of aromatic nitrogens is 3. The molecule has 0 atom stereocenters. The third kappa shape index (κ3) is 2.92. The van der Waals surface area contributed by atoms with Crippen molar-refractivity contribution in [1.82, 2.24) is 15.1 Å². The van der Waals surface area contributed by atoms with Crippen molar-refractivity contribution in [3.8, 4) is 11.4 Å². The first-order valence-corrected chi connectivity index (χ1v) is 4.52. The zero-order chi connectivity index (χ0) is 12.5. The molecule has 0 aliphatic carbocycles. The Labute approximate surface area is 92.3 Å². The summed E-state index contributed by atoms with van der Waals surface area (Å²) in [6, 6.07) is 2.62. The second-order valence-corrected chi connectivity index (χ2v) is 3.27. The van der Waals surface area contributed by atoms with Crippen LogP contribution in [-0.2, 0) is 6.42 Å². The van der Waals surface area contributed by atoms with Gasteiger partial charge in [-0.1, -0.05) is 5.16 Å². The number of rotatable bonds is 2. The molecule has 2 aromatic heterocycles. The van der Waals surface area contributed by atoms with E-state index in [1.807, 2.05) is 0 Å². The molecule has 0 bridgehead atoms. The average molecular weight is 245 g/mol. The van der Waals surface area contributed by atoms with Gasteiger partial charge in [0.05, 0.1) is 12.1 Å². The molecule has 17 heavy (non-hydrogen) atoms. The maximum absolute atomic E-state index is 12.1. The molecular formula is C9H6F3N3O2. The summed E-state index contributed by atoms with van der Waals surface area (Å²) >= 11 is 0. The van der Waals surface area contributed by atoms with Crippen LogP contribution in [0, 0.1) is 0 Å². The second-order valence-electron chi connectivity index (χ2n) is 3.27. The fourth-order valence-corrected chi connectivity index (χ4v) is 1.28. The summed E-state index contributed by atoms with van der Waals surface area (Å²) in [6.45, 7) is 0. The van der Waals surface area contributed by atoms with Crippen LogP contribution in [0.4, 0.5) is 13.2 Å². The van der Waals surface area contributed by atoms with Crippen molar-refractivity contribution in [2.75, 3.05) is 0 Å². The Balaban J connectivity index is 2.32. The van der Waals surface area contributed by atoms with Gasteiger partial charge in [-0.3, -0.25) is 14.5 Å². The van der Waals surface area contributed by atoms with E-state index in [0.717, 1.165) is 0 Å². The fraction of sp³-hybridized carbons (Fsp3) is 0.222. The highest BCUT2D eigenvalue weighted by Gasteiger charge is 2.28. The minimum absolute atomic E-state index is 0.0702. The summed E-state index contributed by atoms with van der Waals surface area (Å²) in [7, 11) is 0. The monoisotopic (exact) mass is 245 g/mol. The third-order valence-corrected chi connectivity index (χ3v) is 1.91. The number of hydrogen-bond acceptors (Lipinski definition) is 4. The van der Waals surface area contributed by atoms with Crippen LogP contribution < -0.4 is 5.76 Å². The van der Waals surface area contributed by atoms with Gasteiger partial charge in [-0.25, -0.2) is 4.79 Å². The molecule has 0 aliphatic heterocycles. The maximum atomic E-state index is 12.1. The Morgan fingerprint density at radius 2 is 2.18 bits per heavy atom. The molecule has 0 unspecified atom stereocenters. The van der Waals surface area contributed by atoms with Gasteiger partial charge in [-0.05, 0) is 12.1 Å². The minimum atomic E-state index is -4.33. The van der Waals surface area contributed by atoms with Gasteiger partial charge in [-0.15, -0.1) is 0 Å². The lowest BCUT2D eigenvalue weighted by molar-refractivity contribution is -0.127. The topological polar surface area (TPSA) is 71.8 Å². The molecule has 5 nitrogen and oxygen atoms in total. The standard InChI is InChI=1S/C9H6F3N3O2/c10-9(11,12)4-6-3-5(1-2-13-6)7-14-8(16)17-15-7/h1-3H,4H2,(H,14,15,16). The van der Waals surface area contributed by atoms with Crippen molar-refractivity contribution in [3.63, 3.8) is 0 Å². The molecule has 1 N–H and O–H groups in total. The molecule has 0 spiro atoms. The van der Waals surface area contributed by atoms with E-state index in [9.17, 15) is 18.0 Å². The van der Waals surface area contributed by atoms with E-state index in [4.69, 9.17) is 0 Å². The molecule has 0 saturated carbocycles. The van der Waals surface area contributed by atoms with Crippen LogP contribution in [0.3, 0.4) is 0 Å². The SMILES string of the molecule is O=c1[nH]c(-c2ccnc(CC(F)(F)F)c2)no1. The normalized spacial score (nSPS) is 11.7. The number of hydrogen-bond donors (Lipinski definition) is 1. The van der Waals surface area contributed by atoms with Crippen molar-refractivity contribution in [3.05, 3.63) is 34.6 Å². The van der Waals surface area contributed by atoms with Gasteiger partial charge in [-0.2, -0.15) is 13.2 Å². The van der Waals surface area contributed by atoms with Crippen molar-refractivity contribution >= 4 is 0 Å². The fourth-order valence-electron chi connectivity index (χ4n) is 1.28.